The van der Waals surface area contributed by atoms with Crippen LogP contribution in [0.2, 0.25) is 0 Å². The van der Waals surface area contributed by atoms with E-state index in [9.17, 15) is 0 Å². The van der Waals surface area contributed by atoms with Crippen LogP contribution in [0.25, 0.3) is 0 Å². The van der Waals surface area contributed by atoms with Gasteiger partial charge in [-0.2, -0.15) is 0 Å². The number of hydrogen-bond donors (Lipinski definition) is 1. The van der Waals surface area contributed by atoms with Gasteiger partial charge in [0.25, 0.3) is 0 Å². The average Bonchev–Trinajstić information content (AvgIpc) is 2.19. The van der Waals surface area contributed by atoms with Crippen LogP contribution in [-0.2, 0) is 0 Å². The fourth-order valence-corrected chi connectivity index (χ4v) is 1.59. The molecule has 0 saturated carbocycles. The minimum Gasteiger partial charge on any atom is -0.494 e. The van der Waals surface area contributed by atoms with E-state index in [1.807, 2.05) is 26.1 Å². The first-order chi connectivity index (χ1) is 6.79. The van der Waals surface area contributed by atoms with Crippen molar-refractivity contribution in [1.29, 1.82) is 0 Å². The maximum Gasteiger partial charge on any atom is 0.122 e. The average molecular weight is 193 g/mol. The highest BCUT2D eigenvalue weighted by Gasteiger charge is 2.09. The summed E-state index contributed by atoms with van der Waals surface area (Å²) in [6, 6.07) is 8.24. The zero-order chi connectivity index (χ0) is 10.4. The molecule has 0 saturated heterocycles. The smallest absolute Gasteiger partial charge is 0.122 e. The Morgan fingerprint density at radius 3 is 2.71 bits per heavy atom. The first kappa shape index (κ1) is 11.1. The number of ether oxygens (including phenoxy) is 1. The molecule has 0 aromatic heterocycles. The van der Waals surface area contributed by atoms with Crippen molar-refractivity contribution in [2.45, 2.75) is 19.8 Å². The van der Waals surface area contributed by atoms with E-state index in [0.717, 1.165) is 18.9 Å². The van der Waals surface area contributed by atoms with Crippen molar-refractivity contribution in [3.63, 3.8) is 0 Å². The van der Waals surface area contributed by atoms with Crippen LogP contribution in [0.3, 0.4) is 0 Å². The van der Waals surface area contributed by atoms with Gasteiger partial charge in [-0.05, 0) is 31.5 Å². The van der Waals surface area contributed by atoms with Crippen molar-refractivity contribution in [3.8, 4) is 5.75 Å². The van der Waals surface area contributed by atoms with Crippen molar-refractivity contribution in [2.24, 2.45) is 0 Å². The molecule has 0 fully saturated rings. The first-order valence-corrected chi connectivity index (χ1v) is 5.16. The third-order valence-electron chi connectivity index (χ3n) is 2.26. The molecule has 14 heavy (non-hydrogen) atoms. The second-order valence-corrected chi connectivity index (χ2v) is 3.43. The van der Waals surface area contributed by atoms with E-state index >= 15 is 0 Å². The van der Waals surface area contributed by atoms with E-state index < -0.39 is 0 Å². The normalized spacial score (nSPS) is 12.5. The van der Waals surface area contributed by atoms with Gasteiger partial charge >= 0.3 is 0 Å². The summed E-state index contributed by atoms with van der Waals surface area (Å²) in [4.78, 5) is 0. The number of rotatable bonds is 5. The predicted molar refractivity (Wildman–Crippen MR) is 60.0 cm³/mol. The van der Waals surface area contributed by atoms with Crippen molar-refractivity contribution in [2.75, 3.05) is 20.2 Å². The van der Waals surface area contributed by atoms with E-state index in [-0.39, 0.29) is 0 Å². The highest BCUT2D eigenvalue weighted by atomic mass is 16.5. The molecule has 78 valence electrons. The minimum absolute atomic E-state index is 0.489. The van der Waals surface area contributed by atoms with Gasteiger partial charge in [0.2, 0.25) is 0 Å². The lowest BCUT2D eigenvalue weighted by molar-refractivity contribution is 0.334. The topological polar surface area (TPSA) is 21.3 Å². The lowest BCUT2D eigenvalue weighted by atomic mass is 10.0. The van der Waals surface area contributed by atoms with Gasteiger partial charge in [-0.15, -0.1) is 0 Å². The number of hydrogen-bond acceptors (Lipinski definition) is 2. The van der Waals surface area contributed by atoms with Crippen molar-refractivity contribution in [3.05, 3.63) is 29.8 Å². The lowest BCUT2D eigenvalue weighted by Gasteiger charge is -2.15. The van der Waals surface area contributed by atoms with E-state index in [0.29, 0.717) is 5.92 Å². The zero-order valence-corrected chi connectivity index (χ0v) is 9.21. The Morgan fingerprint density at radius 2 is 2.07 bits per heavy atom. The summed E-state index contributed by atoms with van der Waals surface area (Å²) in [6.07, 6.45) is 0. The fourth-order valence-electron chi connectivity index (χ4n) is 1.59. The molecule has 2 nitrogen and oxygen atoms in total. The van der Waals surface area contributed by atoms with Gasteiger partial charge in [0.05, 0.1) is 6.61 Å². The van der Waals surface area contributed by atoms with E-state index in [4.69, 9.17) is 4.74 Å². The SMILES string of the molecule is CCOc1ccccc1C(C)CNC. The van der Waals surface area contributed by atoms with Gasteiger partial charge in [0.15, 0.2) is 0 Å². The Bertz CT molecular complexity index is 273. The van der Waals surface area contributed by atoms with E-state index in [2.05, 4.69) is 24.4 Å². The number of benzene rings is 1. The molecular weight excluding hydrogens is 174 g/mol. The quantitative estimate of drug-likeness (QED) is 0.775. The molecular formula is C12H19NO. The van der Waals surface area contributed by atoms with Crippen LogP contribution >= 0.6 is 0 Å². The molecule has 1 N–H and O–H groups in total. The molecule has 2 heteroatoms. The fraction of sp³-hybridized carbons (Fsp3) is 0.500. The Morgan fingerprint density at radius 1 is 1.36 bits per heavy atom. The van der Waals surface area contributed by atoms with Gasteiger partial charge in [0.1, 0.15) is 5.75 Å². The number of likely N-dealkylation sites (N-methyl/N-ethyl adjacent to an activating group) is 1. The van der Waals surface area contributed by atoms with Crippen LogP contribution in [-0.4, -0.2) is 20.2 Å². The molecule has 0 aliphatic carbocycles. The number of nitrogens with one attached hydrogen (secondary N) is 1. The summed E-state index contributed by atoms with van der Waals surface area (Å²) >= 11 is 0. The van der Waals surface area contributed by atoms with E-state index in [1.165, 1.54) is 5.56 Å². The lowest BCUT2D eigenvalue weighted by Crippen LogP contribution is -2.15. The first-order valence-electron chi connectivity index (χ1n) is 5.16. The highest BCUT2D eigenvalue weighted by molar-refractivity contribution is 5.36. The Hall–Kier alpha value is -1.02. The molecule has 0 bridgehead atoms. The minimum atomic E-state index is 0.489. The Kier molecular flexibility index (Phi) is 4.47. The Labute approximate surface area is 86.3 Å². The third-order valence-corrected chi connectivity index (χ3v) is 2.26. The summed E-state index contributed by atoms with van der Waals surface area (Å²) in [5, 5.41) is 3.18. The molecule has 1 aromatic carbocycles. The van der Waals surface area contributed by atoms with Gasteiger partial charge in [-0.1, -0.05) is 25.1 Å². The standard InChI is InChI=1S/C12H19NO/c1-4-14-12-8-6-5-7-11(12)10(2)9-13-3/h5-8,10,13H,4,9H2,1-3H3. The summed E-state index contributed by atoms with van der Waals surface area (Å²) in [7, 11) is 1.97. The van der Waals surface area contributed by atoms with E-state index in [1.54, 1.807) is 0 Å². The van der Waals surface area contributed by atoms with Gasteiger partial charge in [0, 0.05) is 6.54 Å². The largest absolute Gasteiger partial charge is 0.494 e. The van der Waals surface area contributed by atoms with Gasteiger partial charge < -0.3 is 10.1 Å². The molecule has 0 aliphatic heterocycles. The Balaban J connectivity index is 2.82. The van der Waals surface area contributed by atoms with Crippen molar-refractivity contribution >= 4 is 0 Å². The van der Waals surface area contributed by atoms with Gasteiger partial charge in [-0.25, -0.2) is 0 Å². The molecule has 0 radical (unpaired) electrons. The van der Waals surface area contributed by atoms with Crippen LogP contribution < -0.4 is 10.1 Å². The molecule has 0 heterocycles. The summed E-state index contributed by atoms with van der Waals surface area (Å²) in [5.41, 5.74) is 1.28. The van der Waals surface area contributed by atoms with Crippen LogP contribution in [0.4, 0.5) is 0 Å². The maximum atomic E-state index is 5.58. The molecule has 0 aliphatic rings. The molecule has 0 spiro atoms. The monoisotopic (exact) mass is 193 g/mol. The summed E-state index contributed by atoms with van der Waals surface area (Å²) in [6.45, 7) is 5.92. The summed E-state index contributed by atoms with van der Waals surface area (Å²) in [5.74, 6) is 1.50. The molecule has 0 amide bonds. The van der Waals surface area contributed by atoms with Crippen molar-refractivity contribution in [1.82, 2.24) is 5.32 Å². The summed E-state index contributed by atoms with van der Waals surface area (Å²) < 4.78 is 5.58. The zero-order valence-electron chi connectivity index (χ0n) is 9.21. The van der Waals surface area contributed by atoms with Crippen LogP contribution in [0.15, 0.2) is 24.3 Å². The van der Waals surface area contributed by atoms with Crippen LogP contribution in [0.1, 0.15) is 25.3 Å². The number of para-hydroxylation sites is 1. The van der Waals surface area contributed by atoms with Crippen LogP contribution in [0.5, 0.6) is 5.75 Å². The van der Waals surface area contributed by atoms with Gasteiger partial charge in [-0.3, -0.25) is 0 Å². The molecule has 1 unspecified atom stereocenters. The third kappa shape index (κ3) is 2.74. The second kappa shape index (κ2) is 5.66. The molecule has 1 aromatic rings. The predicted octanol–water partition coefficient (Wildman–Crippen LogP) is 2.41. The second-order valence-electron chi connectivity index (χ2n) is 3.43. The van der Waals surface area contributed by atoms with Crippen LogP contribution in [0, 0.1) is 0 Å². The maximum absolute atomic E-state index is 5.58. The molecule has 1 atom stereocenters. The highest BCUT2D eigenvalue weighted by Crippen LogP contribution is 2.25. The molecule has 1 rings (SSSR count). The van der Waals surface area contributed by atoms with Crippen molar-refractivity contribution < 1.29 is 4.74 Å².